The summed E-state index contributed by atoms with van der Waals surface area (Å²) >= 11 is 0. The molecule has 0 aliphatic heterocycles. The minimum Gasteiger partial charge on any atom is -0.341 e. The first kappa shape index (κ1) is 14.5. The Labute approximate surface area is 125 Å². The van der Waals surface area contributed by atoms with Crippen LogP contribution >= 0.6 is 0 Å². The topological polar surface area (TPSA) is 46.3 Å². The molecule has 1 aromatic rings. The van der Waals surface area contributed by atoms with E-state index in [1.807, 2.05) is 14.0 Å². The van der Waals surface area contributed by atoms with Gasteiger partial charge in [-0.2, -0.15) is 0 Å². The molecule has 21 heavy (non-hydrogen) atoms. The maximum Gasteiger partial charge on any atom is 0.225 e. The van der Waals surface area contributed by atoms with Crippen molar-refractivity contribution in [3.63, 3.8) is 0 Å². The summed E-state index contributed by atoms with van der Waals surface area (Å²) in [6, 6.07) is 5.04. The zero-order chi connectivity index (χ0) is 15.1. The van der Waals surface area contributed by atoms with Gasteiger partial charge in [0.2, 0.25) is 5.91 Å². The van der Waals surface area contributed by atoms with Crippen LogP contribution in [0.25, 0.3) is 0 Å². The first-order valence-electron chi connectivity index (χ1n) is 7.71. The smallest absolute Gasteiger partial charge is 0.225 e. The zero-order valence-corrected chi connectivity index (χ0v) is 12.7. The van der Waals surface area contributed by atoms with Crippen LogP contribution in [0.5, 0.6) is 0 Å². The molecule has 0 saturated heterocycles. The Hall–Kier alpha value is -1.42. The number of carbonyl (C=O) groups is 1. The fraction of sp³-hybridized carbons (Fsp3) is 0.588. The van der Waals surface area contributed by atoms with Crippen LogP contribution in [0.2, 0.25) is 0 Å². The van der Waals surface area contributed by atoms with Crippen LogP contribution < -0.4 is 5.73 Å². The largest absolute Gasteiger partial charge is 0.341 e. The third kappa shape index (κ3) is 2.69. The van der Waals surface area contributed by atoms with Crippen LogP contribution in [0.1, 0.15) is 30.4 Å². The predicted octanol–water partition coefficient (Wildman–Crippen LogP) is 2.47. The van der Waals surface area contributed by atoms with Gasteiger partial charge < -0.3 is 10.6 Å². The summed E-state index contributed by atoms with van der Waals surface area (Å²) in [5, 5.41) is 0. The van der Waals surface area contributed by atoms with E-state index in [1.54, 1.807) is 11.0 Å². The van der Waals surface area contributed by atoms with E-state index in [-0.39, 0.29) is 17.6 Å². The highest BCUT2D eigenvalue weighted by Gasteiger charge is 2.48. The molecular formula is C17H23FN2O. The second-order valence-corrected chi connectivity index (χ2v) is 6.76. The molecule has 2 N–H and O–H groups in total. The summed E-state index contributed by atoms with van der Waals surface area (Å²) in [5.74, 6) is 1.32. The number of halogens is 1. The minimum atomic E-state index is -0.230. The number of hydrogen-bond acceptors (Lipinski definition) is 2. The number of aryl methyl sites for hydroxylation is 1. The summed E-state index contributed by atoms with van der Waals surface area (Å²) < 4.78 is 13.1. The van der Waals surface area contributed by atoms with Gasteiger partial charge in [-0.05, 0) is 61.3 Å². The molecule has 1 unspecified atom stereocenters. The van der Waals surface area contributed by atoms with Crippen LogP contribution in [0.4, 0.5) is 4.39 Å². The lowest BCUT2D eigenvalue weighted by molar-refractivity contribution is -0.134. The molecule has 0 radical (unpaired) electrons. The maximum absolute atomic E-state index is 13.1. The summed E-state index contributed by atoms with van der Waals surface area (Å²) in [7, 11) is 1.84. The van der Waals surface area contributed by atoms with E-state index in [2.05, 4.69) is 0 Å². The van der Waals surface area contributed by atoms with Gasteiger partial charge in [0, 0.05) is 25.6 Å². The predicted molar refractivity (Wildman–Crippen MR) is 79.9 cm³/mol. The first-order valence-corrected chi connectivity index (χ1v) is 7.71. The Morgan fingerprint density at radius 1 is 1.38 bits per heavy atom. The zero-order valence-electron chi connectivity index (χ0n) is 12.7. The Morgan fingerprint density at radius 3 is 2.76 bits per heavy atom. The molecule has 0 bridgehead atoms. The highest BCUT2D eigenvalue weighted by atomic mass is 19.1. The van der Waals surface area contributed by atoms with Gasteiger partial charge in [-0.3, -0.25) is 4.79 Å². The Balaban J connectivity index is 1.62. The van der Waals surface area contributed by atoms with E-state index in [4.69, 9.17) is 5.73 Å². The second kappa shape index (κ2) is 5.41. The van der Waals surface area contributed by atoms with E-state index in [9.17, 15) is 9.18 Å². The fourth-order valence-corrected chi connectivity index (χ4v) is 3.96. The number of amides is 1. The lowest BCUT2D eigenvalue weighted by atomic mass is 9.72. The molecule has 2 aliphatic rings. The van der Waals surface area contributed by atoms with E-state index < -0.39 is 0 Å². The number of rotatable bonds is 3. The second-order valence-electron chi connectivity index (χ2n) is 6.76. The molecule has 0 aromatic heterocycles. The molecule has 114 valence electrons. The Morgan fingerprint density at radius 2 is 2.14 bits per heavy atom. The summed E-state index contributed by atoms with van der Waals surface area (Å²) in [6.45, 7) is 2.42. The standard InChI is InChI=1S/C17H23FN2O/c1-10-5-14(18)4-3-11(10)9-20(2)17(21)13-6-12-8-16(19)15(12)7-13/h3-5,12-13,15-16H,6-9,19H2,1-2H3/t12-,13?,15-,16+/m1/s1. The molecule has 2 saturated carbocycles. The fourth-order valence-electron chi connectivity index (χ4n) is 3.96. The third-order valence-electron chi connectivity index (χ3n) is 5.31. The van der Waals surface area contributed by atoms with E-state index in [0.717, 1.165) is 30.4 Å². The molecule has 4 atom stereocenters. The average Bonchev–Trinajstić information content (AvgIpc) is 2.78. The number of nitrogens with zero attached hydrogens (tertiary/aromatic N) is 1. The molecule has 0 heterocycles. The summed E-state index contributed by atoms with van der Waals surface area (Å²) in [5.41, 5.74) is 7.90. The van der Waals surface area contributed by atoms with Crippen LogP contribution in [0.3, 0.4) is 0 Å². The van der Waals surface area contributed by atoms with Crippen LogP contribution in [0, 0.1) is 30.5 Å². The van der Waals surface area contributed by atoms with E-state index >= 15 is 0 Å². The first-order chi connectivity index (χ1) is 9.95. The molecule has 1 aromatic carbocycles. The van der Waals surface area contributed by atoms with Crippen molar-refractivity contribution in [3.8, 4) is 0 Å². The van der Waals surface area contributed by atoms with E-state index in [1.165, 1.54) is 12.1 Å². The lowest BCUT2D eigenvalue weighted by Gasteiger charge is -2.37. The molecule has 2 aliphatic carbocycles. The SMILES string of the molecule is Cc1cc(F)ccc1CN(C)C(=O)C1C[C@@H]2C[C@H](N)[C@@H]2C1. The Kier molecular flexibility index (Phi) is 3.74. The van der Waals surface area contributed by atoms with Gasteiger partial charge in [-0.25, -0.2) is 4.39 Å². The molecule has 1 amide bonds. The van der Waals surface area contributed by atoms with Gasteiger partial charge in [0.05, 0.1) is 0 Å². The van der Waals surface area contributed by atoms with Crippen LogP contribution in [-0.2, 0) is 11.3 Å². The highest BCUT2D eigenvalue weighted by Crippen LogP contribution is 2.49. The van der Waals surface area contributed by atoms with Gasteiger partial charge in [0.25, 0.3) is 0 Å². The minimum absolute atomic E-state index is 0.124. The van der Waals surface area contributed by atoms with Crippen molar-refractivity contribution in [2.45, 2.75) is 38.8 Å². The van der Waals surface area contributed by atoms with Crippen molar-refractivity contribution >= 4 is 5.91 Å². The quantitative estimate of drug-likeness (QED) is 0.929. The molecule has 3 nitrogen and oxygen atoms in total. The third-order valence-corrected chi connectivity index (χ3v) is 5.31. The average molecular weight is 290 g/mol. The molecule has 2 fully saturated rings. The summed E-state index contributed by atoms with van der Waals surface area (Å²) in [4.78, 5) is 14.3. The van der Waals surface area contributed by atoms with Gasteiger partial charge in [-0.15, -0.1) is 0 Å². The monoisotopic (exact) mass is 290 g/mol. The lowest BCUT2D eigenvalue weighted by Crippen LogP contribution is -2.44. The van der Waals surface area contributed by atoms with Crippen LogP contribution in [-0.4, -0.2) is 23.9 Å². The number of hydrogen-bond donors (Lipinski definition) is 1. The maximum atomic E-state index is 13.1. The number of fused-ring (bicyclic) bond motifs is 1. The van der Waals surface area contributed by atoms with Crippen molar-refractivity contribution in [2.75, 3.05) is 7.05 Å². The van der Waals surface area contributed by atoms with Crippen molar-refractivity contribution in [2.24, 2.45) is 23.5 Å². The summed E-state index contributed by atoms with van der Waals surface area (Å²) in [6.07, 6.45) is 3.01. The van der Waals surface area contributed by atoms with Gasteiger partial charge in [0.15, 0.2) is 0 Å². The Bertz CT molecular complexity index is 560. The van der Waals surface area contributed by atoms with Gasteiger partial charge in [0.1, 0.15) is 5.82 Å². The van der Waals surface area contributed by atoms with Gasteiger partial charge in [-0.1, -0.05) is 6.07 Å². The normalized spacial score (nSPS) is 30.7. The molecule has 3 rings (SSSR count). The highest BCUT2D eigenvalue weighted by molar-refractivity contribution is 5.79. The molecule has 4 heteroatoms. The molecular weight excluding hydrogens is 267 g/mol. The number of nitrogens with two attached hydrogens (primary N) is 1. The number of benzene rings is 1. The van der Waals surface area contributed by atoms with Crippen molar-refractivity contribution in [1.29, 1.82) is 0 Å². The van der Waals surface area contributed by atoms with Crippen LogP contribution in [0.15, 0.2) is 18.2 Å². The van der Waals surface area contributed by atoms with Gasteiger partial charge >= 0.3 is 0 Å². The number of carbonyl (C=O) groups excluding carboxylic acids is 1. The van der Waals surface area contributed by atoms with E-state index in [0.29, 0.717) is 24.4 Å². The van der Waals surface area contributed by atoms with Crippen molar-refractivity contribution < 1.29 is 9.18 Å². The molecule has 0 spiro atoms. The van der Waals surface area contributed by atoms with Crippen molar-refractivity contribution in [1.82, 2.24) is 4.90 Å². The van der Waals surface area contributed by atoms with Crippen molar-refractivity contribution in [3.05, 3.63) is 35.1 Å².